The average Bonchev–Trinajstić information content (AvgIpc) is 2.98. The molecule has 0 radical (unpaired) electrons. The maximum Gasteiger partial charge on any atom is 0.236 e. The quantitative estimate of drug-likeness (QED) is 0.880. The maximum absolute atomic E-state index is 12.7. The van der Waals surface area contributed by atoms with E-state index in [9.17, 15) is 4.79 Å². The summed E-state index contributed by atoms with van der Waals surface area (Å²) in [5.74, 6) is 2.12. The standard InChI is InChI=1S/C17H27N5O2/c1-12-19-16-7-6-13(11-22(16)20-12)18-10-17(23)21-8-9-24-15-5-3-2-4-14(15)21/h13-15,18H,2-11H2,1H3/t13-,14+,15-/m1/s1. The van der Waals surface area contributed by atoms with Gasteiger partial charge in [0.25, 0.3) is 0 Å². The molecule has 0 aromatic carbocycles. The van der Waals surface area contributed by atoms with Crippen molar-refractivity contribution in [3.63, 3.8) is 0 Å². The van der Waals surface area contributed by atoms with Gasteiger partial charge in [0.05, 0.1) is 31.8 Å². The summed E-state index contributed by atoms with van der Waals surface area (Å²) in [5, 5.41) is 7.87. The van der Waals surface area contributed by atoms with Crippen LogP contribution in [-0.4, -0.2) is 63.5 Å². The van der Waals surface area contributed by atoms with E-state index in [4.69, 9.17) is 4.74 Å². The number of morpholine rings is 1. The van der Waals surface area contributed by atoms with Crippen molar-refractivity contribution in [2.45, 2.75) is 70.2 Å². The Labute approximate surface area is 142 Å². The molecule has 1 saturated heterocycles. The zero-order chi connectivity index (χ0) is 16.5. The van der Waals surface area contributed by atoms with Crippen LogP contribution in [0.4, 0.5) is 0 Å². The van der Waals surface area contributed by atoms with Crippen molar-refractivity contribution in [1.29, 1.82) is 0 Å². The van der Waals surface area contributed by atoms with Crippen LogP contribution in [0.5, 0.6) is 0 Å². The summed E-state index contributed by atoms with van der Waals surface area (Å²) >= 11 is 0. The second-order valence-corrected chi connectivity index (χ2v) is 7.22. The molecule has 0 bridgehead atoms. The zero-order valence-electron chi connectivity index (χ0n) is 14.4. The normalized spacial score (nSPS) is 29.9. The first-order valence-corrected chi connectivity index (χ1v) is 9.25. The number of ether oxygens (including phenoxy) is 1. The smallest absolute Gasteiger partial charge is 0.236 e. The van der Waals surface area contributed by atoms with Gasteiger partial charge < -0.3 is 15.0 Å². The van der Waals surface area contributed by atoms with Gasteiger partial charge in [-0.05, 0) is 26.2 Å². The molecule has 4 rings (SSSR count). The molecule has 3 atom stereocenters. The number of hydrogen-bond acceptors (Lipinski definition) is 5. The van der Waals surface area contributed by atoms with Crippen molar-refractivity contribution in [3.8, 4) is 0 Å². The van der Waals surface area contributed by atoms with Crippen molar-refractivity contribution in [2.24, 2.45) is 0 Å². The Kier molecular flexibility index (Phi) is 4.54. The molecule has 3 heterocycles. The number of nitrogens with zero attached hydrogens (tertiary/aromatic N) is 4. The van der Waals surface area contributed by atoms with E-state index in [1.54, 1.807) is 0 Å². The lowest BCUT2D eigenvalue weighted by Gasteiger charge is -2.44. The summed E-state index contributed by atoms with van der Waals surface area (Å²) < 4.78 is 7.84. The molecule has 1 amide bonds. The van der Waals surface area contributed by atoms with Crippen LogP contribution in [0.25, 0.3) is 0 Å². The zero-order valence-corrected chi connectivity index (χ0v) is 14.4. The molecule has 1 N–H and O–H groups in total. The molecule has 1 aromatic heterocycles. The maximum atomic E-state index is 12.7. The van der Waals surface area contributed by atoms with Gasteiger partial charge in [0.15, 0.2) is 0 Å². The van der Waals surface area contributed by atoms with Crippen molar-refractivity contribution < 1.29 is 9.53 Å². The van der Waals surface area contributed by atoms with Gasteiger partial charge in [0.2, 0.25) is 5.91 Å². The Hall–Kier alpha value is -1.47. The number of fused-ring (bicyclic) bond motifs is 2. The van der Waals surface area contributed by atoms with E-state index in [2.05, 4.69) is 20.3 Å². The predicted octanol–water partition coefficient (Wildman–Crippen LogP) is 0.661. The average molecular weight is 333 g/mol. The summed E-state index contributed by atoms with van der Waals surface area (Å²) in [5.41, 5.74) is 0. The largest absolute Gasteiger partial charge is 0.374 e. The van der Waals surface area contributed by atoms with Gasteiger partial charge in [-0.15, -0.1) is 0 Å². The topological polar surface area (TPSA) is 72.3 Å². The van der Waals surface area contributed by atoms with Gasteiger partial charge >= 0.3 is 0 Å². The lowest BCUT2D eigenvalue weighted by atomic mass is 9.90. The third-order valence-electron chi connectivity index (χ3n) is 5.56. The van der Waals surface area contributed by atoms with E-state index in [0.29, 0.717) is 19.2 Å². The van der Waals surface area contributed by atoms with E-state index >= 15 is 0 Å². The number of carbonyl (C=O) groups is 1. The summed E-state index contributed by atoms with van der Waals surface area (Å²) in [6, 6.07) is 0.587. The highest BCUT2D eigenvalue weighted by Gasteiger charge is 2.36. The van der Waals surface area contributed by atoms with E-state index in [1.165, 1.54) is 12.8 Å². The third kappa shape index (κ3) is 3.19. The number of amides is 1. The van der Waals surface area contributed by atoms with Crippen LogP contribution >= 0.6 is 0 Å². The monoisotopic (exact) mass is 333 g/mol. The molecule has 132 valence electrons. The highest BCUT2D eigenvalue weighted by molar-refractivity contribution is 5.78. The predicted molar refractivity (Wildman–Crippen MR) is 88.6 cm³/mol. The number of aromatic nitrogens is 3. The highest BCUT2D eigenvalue weighted by atomic mass is 16.5. The van der Waals surface area contributed by atoms with Crippen molar-refractivity contribution >= 4 is 5.91 Å². The molecule has 7 heteroatoms. The van der Waals surface area contributed by atoms with Crippen molar-refractivity contribution in [1.82, 2.24) is 25.0 Å². The number of aryl methyl sites for hydroxylation is 2. The van der Waals surface area contributed by atoms with Crippen molar-refractivity contribution in [2.75, 3.05) is 19.7 Å². The van der Waals surface area contributed by atoms with Crippen LogP contribution in [0.2, 0.25) is 0 Å². The lowest BCUT2D eigenvalue weighted by Crippen LogP contribution is -2.57. The Morgan fingerprint density at radius 3 is 3.12 bits per heavy atom. The molecular weight excluding hydrogens is 306 g/mol. The van der Waals surface area contributed by atoms with Gasteiger partial charge in [-0.3, -0.25) is 4.79 Å². The summed E-state index contributed by atoms with van der Waals surface area (Å²) in [6.45, 7) is 4.56. The minimum Gasteiger partial charge on any atom is -0.374 e. The Morgan fingerprint density at radius 2 is 2.21 bits per heavy atom. The molecule has 3 aliphatic rings. The van der Waals surface area contributed by atoms with E-state index in [0.717, 1.165) is 50.4 Å². The van der Waals surface area contributed by atoms with Gasteiger partial charge in [0.1, 0.15) is 11.6 Å². The van der Waals surface area contributed by atoms with Gasteiger partial charge in [-0.1, -0.05) is 12.8 Å². The Morgan fingerprint density at radius 1 is 1.33 bits per heavy atom. The minimum atomic E-state index is 0.218. The van der Waals surface area contributed by atoms with Crippen LogP contribution < -0.4 is 5.32 Å². The first-order valence-electron chi connectivity index (χ1n) is 9.25. The second-order valence-electron chi connectivity index (χ2n) is 7.22. The third-order valence-corrected chi connectivity index (χ3v) is 5.56. The summed E-state index contributed by atoms with van der Waals surface area (Å²) in [7, 11) is 0. The second kappa shape index (κ2) is 6.80. The highest BCUT2D eigenvalue weighted by Crippen LogP contribution is 2.28. The molecule has 0 unspecified atom stereocenters. The molecule has 2 fully saturated rings. The van der Waals surface area contributed by atoms with E-state index in [-0.39, 0.29) is 18.1 Å². The lowest BCUT2D eigenvalue weighted by molar-refractivity contribution is -0.148. The van der Waals surface area contributed by atoms with E-state index in [1.807, 2.05) is 11.6 Å². The summed E-state index contributed by atoms with van der Waals surface area (Å²) in [4.78, 5) is 19.2. The van der Waals surface area contributed by atoms with Crippen LogP contribution in [0.1, 0.15) is 43.8 Å². The van der Waals surface area contributed by atoms with E-state index < -0.39 is 0 Å². The molecule has 1 aliphatic carbocycles. The number of rotatable bonds is 3. The summed E-state index contributed by atoms with van der Waals surface area (Å²) in [6.07, 6.45) is 6.81. The number of nitrogens with one attached hydrogen (secondary N) is 1. The fourth-order valence-electron chi connectivity index (χ4n) is 4.34. The number of carbonyl (C=O) groups excluding carboxylic acids is 1. The molecule has 24 heavy (non-hydrogen) atoms. The van der Waals surface area contributed by atoms with Gasteiger partial charge in [-0.25, -0.2) is 9.67 Å². The Balaban J connectivity index is 1.32. The molecule has 1 saturated carbocycles. The van der Waals surface area contributed by atoms with Crippen molar-refractivity contribution in [3.05, 3.63) is 11.6 Å². The van der Waals surface area contributed by atoms with Gasteiger partial charge in [-0.2, -0.15) is 5.10 Å². The minimum absolute atomic E-state index is 0.218. The first-order chi connectivity index (χ1) is 11.7. The molecule has 0 spiro atoms. The van der Waals surface area contributed by atoms with Gasteiger partial charge in [0, 0.05) is 19.0 Å². The van der Waals surface area contributed by atoms with Crippen LogP contribution in [0.15, 0.2) is 0 Å². The fraction of sp³-hybridized carbons (Fsp3) is 0.824. The Bertz CT molecular complexity index is 600. The first kappa shape index (κ1) is 16.0. The number of hydrogen-bond donors (Lipinski definition) is 1. The van der Waals surface area contributed by atoms with Crippen LogP contribution in [0, 0.1) is 6.92 Å². The van der Waals surface area contributed by atoms with Crippen LogP contribution in [-0.2, 0) is 22.5 Å². The molecule has 7 nitrogen and oxygen atoms in total. The molecule has 2 aliphatic heterocycles. The SMILES string of the molecule is Cc1nc2n(n1)C[C@H](NCC(=O)N1CCO[C@@H]3CCCC[C@@H]31)CC2. The fourth-order valence-corrected chi connectivity index (χ4v) is 4.34. The molecule has 1 aromatic rings. The molecular formula is C17H27N5O2. The van der Waals surface area contributed by atoms with Crippen LogP contribution in [0.3, 0.4) is 0 Å².